The van der Waals surface area contributed by atoms with Gasteiger partial charge in [0.05, 0.1) is 12.5 Å². The first-order valence-electron chi connectivity index (χ1n) is 6.21. The summed E-state index contributed by atoms with van der Waals surface area (Å²) in [5, 5.41) is 9.51. The molecule has 0 saturated heterocycles. The molecule has 0 saturated carbocycles. The first kappa shape index (κ1) is 13.5. The first-order chi connectivity index (χ1) is 9.29. The van der Waals surface area contributed by atoms with Crippen LogP contribution in [-0.4, -0.2) is 6.54 Å². The Balaban J connectivity index is 2.14. The molecule has 0 atom stereocenters. The second-order valence-electron chi connectivity index (χ2n) is 4.29. The summed E-state index contributed by atoms with van der Waals surface area (Å²) in [7, 11) is 0. The molecule has 0 unspecified atom stereocenters. The fourth-order valence-corrected chi connectivity index (χ4v) is 2.06. The van der Waals surface area contributed by atoms with Crippen molar-refractivity contribution in [2.24, 2.45) is 0 Å². The van der Waals surface area contributed by atoms with Crippen LogP contribution in [0, 0.1) is 11.3 Å². The molecule has 19 heavy (non-hydrogen) atoms. The Labute approximate surface area is 118 Å². The van der Waals surface area contributed by atoms with E-state index >= 15 is 0 Å². The van der Waals surface area contributed by atoms with Crippen LogP contribution in [0.5, 0.6) is 0 Å². The molecule has 2 aromatic carbocycles. The van der Waals surface area contributed by atoms with Crippen LogP contribution in [-0.2, 0) is 6.54 Å². The lowest BCUT2D eigenvalue weighted by molar-refractivity contribution is 0.798. The molecule has 0 aromatic heterocycles. The molecule has 0 bridgehead atoms. The minimum Gasteiger partial charge on any atom is -0.366 e. The van der Waals surface area contributed by atoms with Crippen molar-refractivity contribution in [2.75, 3.05) is 11.4 Å². The van der Waals surface area contributed by atoms with Crippen molar-refractivity contribution < 1.29 is 0 Å². The summed E-state index contributed by atoms with van der Waals surface area (Å²) in [6, 6.07) is 20.2. The van der Waals surface area contributed by atoms with Crippen molar-refractivity contribution in [1.82, 2.24) is 0 Å². The molecule has 0 radical (unpaired) electrons. The van der Waals surface area contributed by atoms with Crippen molar-refractivity contribution in [2.45, 2.75) is 13.0 Å². The molecule has 0 spiro atoms. The van der Waals surface area contributed by atoms with E-state index in [9.17, 15) is 0 Å². The Morgan fingerprint density at radius 2 is 1.68 bits per heavy atom. The summed E-state index contributed by atoms with van der Waals surface area (Å²) in [6.45, 7) is 1.51. The number of rotatable bonds is 5. The third-order valence-corrected chi connectivity index (χ3v) is 3.15. The van der Waals surface area contributed by atoms with Gasteiger partial charge in [-0.2, -0.15) is 5.26 Å². The Bertz CT molecular complexity index is 543. The Hall–Kier alpha value is -1.98. The molecule has 0 aliphatic rings. The maximum absolute atomic E-state index is 8.77. The summed E-state index contributed by atoms with van der Waals surface area (Å²) in [4.78, 5) is 2.20. The van der Waals surface area contributed by atoms with E-state index in [4.69, 9.17) is 16.9 Å². The Morgan fingerprint density at radius 3 is 2.32 bits per heavy atom. The minimum absolute atomic E-state index is 0.516. The number of hydrogen-bond donors (Lipinski definition) is 0. The highest BCUT2D eigenvalue weighted by atomic mass is 35.5. The Kier molecular flexibility index (Phi) is 4.83. The molecule has 0 aliphatic carbocycles. The number of halogens is 1. The van der Waals surface area contributed by atoms with Gasteiger partial charge in [-0.1, -0.05) is 41.9 Å². The Morgan fingerprint density at radius 1 is 1.00 bits per heavy atom. The van der Waals surface area contributed by atoms with E-state index in [1.165, 1.54) is 5.56 Å². The molecule has 96 valence electrons. The highest BCUT2D eigenvalue weighted by Crippen LogP contribution is 2.18. The fourth-order valence-electron chi connectivity index (χ4n) is 1.93. The van der Waals surface area contributed by atoms with Gasteiger partial charge < -0.3 is 4.90 Å². The molecule has 2 rings (SSSR count). The third-order valence-electron chi connectivity index (χ3n) is 2.90. The lowest BCUT2D eigenvalue weighted by atomic mass is 10.2. The zero-order valence-electron chi connectivity index (χ0n) is 10.6. The monoisotopic (exact) mass is 270 g/mol. The number of nitrogens with zero attached hydrogens (tertiary/aromatic N) is 2. The van der Waals surface area contributed by atoms with Crippen molar-refractivity contribution >= 4 is 17.3 Å². The van der Waals surface area contributed by atoms with Crippen LogP contribution in [0.2, 0.25) is 5.02 Å². The van der Waals surface area contributed by atoms with E-state index in [0.717, 1.165) is 23.8 Å². The minimum atomic E-state index is 0.516. The van der Waals surface area contributed by atoms with E-state index in [1.807, 2.05) is 42.5 Å². The quantitative estimate of drug-likeness (QED) is 0.812. The lowest BCUT2D eigenvalue weighted by Gasteiger charge is -2.24. The van der Waals surface area contributed by atoms with E-state index in [2.05, 4.69) is 23.1 Å². The molecule has 2 aromatic rings. The SMILES string of the molecule is N#CCCN(Cc1ccc(Cl)cc1)c1ccccc1. The van der Waals surface area contributed by atoms with Gasteiger partial charge in [0.15, 0.2) is 0 Å². The molecule has 0 N–H and O–H groups in total. The predicted octanol–water partition coefficient (Wildman–Crippen LogP) is 4.26. The van der Waals surface area contributed by atoms with Gasteiger partial charge in [0.2, 0.25) is 0 Å². The largest absolute Gasteiger partial charge is 0.366 e. The maximum atomic E-state index is 8.77. The van der Waals surface area contributed by atoms with Crippen LogP contribution in [0.25, 0.3) is 0 Å². The van der Waals surface area contributed by atoms with Gasteiger partial charge in [0, 0.05) is 23.8 Å². The van der Waals surface area contributed by atoms with E-state index in [1.54, 1.807) is 0 Å². The van der Waals surface area contributed by atoms with Crippen molar-refractivity contribution in [1.29, 1.82) is 5.26 Å². The van der Waals surface area contributed by atoms with Crippen molar-refractivity contribution in [3.8, 4) is 6.07 Å². The molecular weight excluding hydrogens is 256 g/mol. The standard InChI is InChI=1S/C16H15ClN2/c17-15-9-7-14(8-10-15)13-19(12-4-11-18)16-5-2-1-3-6-16/h1-3,5-10H,4,12-13H2. The summed E-state index contributed by atoms with van der Waals surface area (Å²) >= 11 is 5.89. The average molecular weight is 271 g/mol. The molecule has 2 nitrogen and oxygen atoms in total. The van der Waals surface area contributed by atoms with Gasteiger partial charge in [-0.05, 0) is 29.8 Å². The van der Waals surface area contributed by atoms with Gasteiger partial charge in [-0.25, -0.2) is 0 Å². The highest BCUT2D eigenvalue weighted by molar-refractivity contribution is 6.30. The van der Waals surface area contributed by atoms with E-state index in [-0.39, 0.29) is 0 Å². The molecule has 3 heteroatoms. The van der Waals surface area contributed by atoms with Crippen LogP contribution in [0.1, 0.15) is 12.0 Å². The van der Waals surface area contributed by atoms with Crippen molar-refractivity contribution in [3.63, 3.8) is 0 Å². The normalized spacial score (nSPS) is 9.89. The molecule has 0 fully saturated rings. The van der Waals surface area contributed by atoms with Crippen LogP contribution < -0.4 is 4.90 Å². The zero-order chi connectivity index (χ0) is 13.5. The fraction of sp³-hybridized carbons (Fsp3) is 0.188. The summed E-state index contributed by atoms with van der Waals surface area (Å²) in [5.74, 6) is 0. The number of hydrogen-bond acceptors (Lipinski definition) is 2. The van der Waals surface area contributed by atoms with Gasteiger partial charge in [0.1, 0.15) is 0 Å². The molecule has 0 aliphatic heterocycles. The van der Waals surface area contributed by atoms with Crippen LogP contribution in [0.3, 0.4) is 0 Å². The third kappa shape index (κ3) is 4.01. The van der Waals surface area contributed by atoms with Crippen LogP contribution in [0.4, 0.5) is 5.69 Å². The number of para-hydroxylation sites is 1. The smallest absolute Gasteiger partial charge is 0.0640 e. The van der Waals surface area contributed by atoms with Gasteiger partial charge in [-0.15, -0.1) is 0 Å². The second kappa shape index (κ2) is 6.82. The predicted molar refractivity (Wildman–Crippen MR) is 79.2 cm³/mol. The number of benzene rings is 2. The lowest BCUT2D eigenvalue weighted by Crippen LogP contribution is -2.23. The number of nitriles is 1. The zero-order valence-corrected chi connectivity index (χ0v) is 11.3. The second-order valence-corrected chi connectivity index (χ2v) is 4.73. The van der Waals surface area contributed by atoms with Gasteiger partial charge >= 0.3 is 0 Å². The van der Waals surface area contributed by atoms with Gasteiger partial charge in [0.25, 0.3) is 0 Å². The average Bonchev–Trinajstić information content (AvgIpc) is 2.46. The molecule has 0 heterocycles. The van der Waals surface area contributed by atoms with Crippen molar-refractivity contribution in [3.05, 3.63) is 65.2 Å². The maximum Gasteiger partial charge on any atom is 0.0640 e. The van der Waals surface area contributed by atoms with Crippen LogP contribution in [0.15, 0.2) is 54.6 Å². The molecule has 0 amide bonds. The van der Waals surface area contributed by atoms with E-state index < -0.39 is 0 Å². The highest BCUT2D eigenvalue weighted by Gasteiger charge is 2.06. The summed E-state index contributed by atoms with van der Waals surface area (Å²) in [5.41, 5.74) is 2.32. The first-order valence-corrected chi connectivity index (χ1v) is 6.59. The topological polar surface area (TPSA) is 27.0 Å². The van der Waals surface area contributed by atoms with E-state index in [0.29, 0.717) is 6.42 Å². The summed E-state index contributed by atoms with van der Waals surface area (Å²) < 4.78 is 0. The van der Waals surface area contributed by atoms with Crippen LogP contribution >= 0.6 is 11.6 Å². The molecular formula is C16H15ClN2. The summed E-state index contributed by atoms with van der Waals surface area (Å²) in [6.07, 6.45) is 0.516. The number of anilines is 1. The van der Waals surface area contributed by atoms with Gasteiger partial charge in [-0.3, -0.25) is 0 Å².